The van der Waals surface area contributed by atoms with Crippen LogP contribution in [0.4, 0.5) is 21.5 Å². The Labute approximate surface area is 815 Å². The van der Waals surface area contributed by atoms with Crippen molar-refractivity contribution in [1.82, 2.24) is 101 Å². The van der Waals surface area contributed by atoms with Gasteiger partial charge in [-0.25, -0.2) is 29.5 Å². The average Bonchev–Trinajstić information content (AvgIpc) is 0.988. The van der Waals surface area contributed by atoms with Gasteiger partial charge in [0.1, 0.15) is 41.4 Å². The number of rotatable bonds is 23. The summed E-state index contributed by atoms with van der Waals surface area (Å²) in [5.74, 6) is 5.68. The summed E-state index contributed by atoms with van der Waals surface area (Å²) in [6, 6.07) is 24.0. The molecule has 9 aliphatic rings. The van der Waals surface area contributed by atoms with Crippen molar-refractivity contribution in [2.24, 2.45) is 16.2 Å². The highest BCUT2D eigenvalue weighted by Crippen LogP contribution is 2.52. The number of terminal acetylenes is 2. The number of phenolic OH excluding ortho intramolecular Hbond substituents is 2. The number of aliphatic hydroxyl groups is 2. The number of hydrogen-bond donors (Lipinski definition) is 10. The van der Waals surface area contributed by atoms with E-state index in [1.54, 1.807) is 83.5 Å². The number of anilines is 2. The lowest BCUT2D eigenvalue weighted by molar-refractivity contribution is -0.142. The Kier molecular flexibility index (Phi) is 26.9. The Hall–Kier alpha value is -13.4. The number of aromatic hydroxyl groups is 2. The molecule has 14 heterocycles. The van der Waals surface area contributed by atoms with Gasteiger partial charge < -0.3 is 100 Å². The highest BCUT2D eigenvalue weighted by atomic mass is 16.7. The molecule has 8 amide bonds. The third-order valence-electron chi connectivity index (χ3n) is 31.0. The highest BCUT2D eigenvalue weighted by molar-refractivity contribution is 5.95. The minimum absolute atomic E-state index is 0.00181. The molecule has 1 spiro atoms. The summed E-state index contributed by atoms with van der Waals surface area (Å²) in [6.07, 6.45) is 26.5. The number of aromatic amines is 2. The molecule has 732 valence electrons. The van der Waals surface area contributed by atoms with Crippen molar-refractivity contribution in [3.63, 3.8) is 0 Å². The van der Waals surface area contributed by atoms with Gasteiger partial charge in [0.2, 0.25) is 35.5 Å². The number of fused-ring (bicyclic) bond motifs is 6. The molecule has 6 aromatic heterocycles. The number of carbonyl (C=O) groups excluding carboxylic acids is 6. The van der Waals surface area contributed by atoms with Crippen LogP contribution in [0.15, 0.2) is 128 Å². The SMILES string of the molecule is C#Cc1ccc([C@H](CO)NC(=O)[C@@H]2C[C@@H](OCOc3cc(C#C)ccc3[C@H](C)NC(=O)[C@@H]3C[C@@H](O)CN3C(=O)[C@@H](NC(=O)N3CC4(CC(N5CCC(c6cnc(N7CCc8[nH]c9nnc(-c%10ccccc%10O)cc9c8[C@H]7C)nc6)CC5)C4)C3)C(C)(C)C)CN2C(=O)[C@@H](NC(=O)N2CCC(N3CCC(c4cnc(N5CCc6[nH]c7nnc(-c8ccccc8O)cc7c6[C@H]5C)nc4)CC3)CC2)C(C)(C)C)cc1. The minimum Gasteiger partial charge on any atom is -0.507 e. The van der Waals surface area contributed by atoms with E-state index in [4.69, 9.17) is 42.3 Å². The van der Waals surface area contributed by atoms with E-state index in [1.165, 1.54) is 9.80 Å². The number of H-pyrrole nitrogens is 2. The number of carbonyl (C=O) groups is 6. The van der Waals surface area contributed by atoms with Gasteiger partial charge in [-0.3, -0.25) is 19.2 Å². The number of benzene rings is 4. The molecule has 0 bridgehead atoms. The van der Waals surface area contributed by atoms with Crippen molar-refractivity contribution < 1.29 is 58.7 Å². The molecule has 10 N–H and O–H groups in total. The van der Waals surface area contributed by atoms with Crippen LogP contribution in [0.1, 0.15) is 218 Å². The van der Waals surface area contributed by atoms with Crippen molar-refractivity contribution in [3.8, 4) is 64.5 Å². The fraction of sp³-hybridized carbons (Fsp3) is 0.491. The largest absolute Gasteiger partial charge is 0.507 e. The van der Waals surface area contributed by atoms with Gasteiger partial charge in [-0.2, -0.15) is 0 Å². The number of hydrogen-bond acceptors (Lipinski definition) is 24. The first-order chi connectivity index (χ1) is 67.3. The second-order valence-corrected chi connectivity index (χ2v) is 42.0. The van der Waals surface area contributed by atoms with Crippen LogP contribution in [0, 0.1) is 40.9 Å². The molecule has 8 aliphatic heterocycles. The molecule has 6 saturated heterocycles. The number of amides is 8. The topological polar surface area (TPSA) is 411 Å². The van der Waals surface area contributed by atoms with Crippen LogP contribution in [-0.2, 0) is 36.8 Å². The number of aromatic nitrogens is 10. The van der Waals surface area contributed by atoms with E-state index in [9.17, 15) is 39.6 Å². The van der Waals surface area contributed by atoms with Crippen molar-refractivity contribution in [3.05, 3.63) is 184 Å². The predicted octanol–water partition coefficient (Wildman–Crippen LogP) is 11.0. The molecule has 34 nitrogen and oxygen atoms in total. The summed E-state index contributed by atoms with van der Waals surface area (Å²) in [6.45, 7) is 23.4. The van der Waals surface area contributed by atoms with Crippen LogP contribution in [0.3, 0.4) is 0 Å². The number of piperidine rings is 3. The zero-order chi connectivity index (χ0) is 97.9. The molecule has 4 aromatic carbocycles. The summed E-state index contributed by atoms with van der Waals surface area (Å²) in [5.41, 5.74) is 11.1. The van der Waals surface area contributed by atoms with Gasteiger partial charge in [-0.15, -0.1) is 33.2 Å². The fourth-order valence-electron chi connectivity index (χ4n) is 23.0. The standard InChI is InChI=1S/C106H126N22O12/c1-12-64-22-25-68(26-23-64)84(57-129)114-97(134)86-46-74(56-128(86)99(136)93(105(9,10)11)115-102(137)123-40-32-71(33-41-123)121-36-28-66(29-37-121)69-51-107-100(108-52-69)125-42-34-80-90(62(125)4)78-47-82(117-119-94(78)112-80)76-18-14-16-20-87(76)131)139-60-140-89-44-65(13-2)24-27-75(89)61(3)111-96(133)85-45-73(130)55-127(85)98(135)92(104(6,7)8)116-103(138)124-58-106(59-124)49-72(50-106)122-38-30-67(31-39-122)70-53-109-101(110-54-70)126-43-35-81-91(63(126)5)79-48-83(118-120-95(79)113-81)77-19-15-17-21-88(77)132/h1-2,14-27,44,47-48,51-54,61-63,66-67,71-74,84-86,92-93,129-132H,28-43,45-46,49-50,55-60H2,3-11H3,(H,111,133)(H,112,119)(H,113,120)(H,114,134)(H,115,137)(H,116,138)/t61-,62+,63+,73+,74+,84-,85-,86-,92+,93+/m0/s1. The van der Waals surface area contributed by atoms with Crippen molar-refractivity contribution in [1.29, 1.82) is 0 Å². The number of aliphatic hydroxyl groups excluding tert-OH is 2. The second kappa shape index (κ2) is 39.4. The monoisotopic (exact) mass is 1900 g/mol. The number of nitrogens with zero attached hydrogens (tertiary/aromatic N) is 16. The molecule has 1 aliphatic carbocycles. The van der Waals surface area contributed by atoms with E-state index in [0.29, 0.717) is 106 Å². The first-order valence-electron chi connectivity index (χ1n) is 49.4. The summed E-state index contributed by atoms with van der Waals surface area (Å²) in [4.78, 5) is 132. The second-order valence-electron chi connectivity index (χ2n) is 42.0. The zero-order valence-corrected chi connectivity index (χ0v) is 81.0. The maximum atomic E-state index is 15.5. The Morgan fingerprint density at radius 2 is 1.04 bits per heavy atom. The van der Waals surface area contributed by atoms with Gasteiger partial charge in [0.05, 0.1) is 54.4 Å². The van der Waals surface area contributed by atoms with E-state index in [2.05, 4.69) is 96.9 Å². The Morgan fingerprint density at radius 3 is 1.54 bits per heavy atom. The molecule has 0 radical (unpaired) electrons. The summed E-state index contributed by atoms with van der Waals surface area (Å²) < 4.78 is 12.9. The Bertz CT molecular complexity index is 6370. The molecular weight excluding hydrogens is 1770 g/mol. The number of ether oxygens (including phenoxy) is 2. The van der Waals surface area contributed by atoms with Crippen LogP contribution >= 0.6 is 0 Å². The van der Waals surface area contributed by atoms with Crippen molar-refractivity contribution in [2.75, 3.05) is 102 Å². The molecule has 7 fully saturated rings. The van der Waals surface area contributed by atoms with Gasteiger partial charge in [-0.1, -0.05) is 95.8 Å². The number of para-hydroxylation sites is 2. The van der Waals surface area contributed by atoms with Crippen molar-refractivity contribution >= 4 is 69.7 Å². The lowest BCUT2D eigenvalue weighted by Crippen LogP contribution is -2.70. The summed E-state index contributed by atoms with van der Waals surface area (Å²) in [5, 5.41) is 75.3. The summed E-state index contributed by atoms with van der Waals surface area (Å²) in [7, 11) is 0. The van der Waals surface area contributed by atoms with Gasteiger partial charge in [0.25, 0.3) is 0 Å². The lowest BCUT2D eigenvalue weighted by Gasteiger charge is -2.61. The molecule has 140 heavy (non-hydrogen) atoms. The zero-order valence-electron chi connectivity index (χ0n) is 81.0. The van der Waals surface area contributed by atoms with Crippen LogP contribution < -0.4 is 35.8 Å². The number of nitrogens with one attached hydrogen (secondary N) is 6. The third-order valence-corrected chi connectivity index (χ3v) is 31.0. The number of β-amino-alcohol motifs (C(OH)–C–C–N with tert-alkyl or cyclic N) is 1. The first-order valence-corrected chi connectivity index (χ1v) is 49.4. The molecular formula is C106H126N22O12. The fourth-order valence-corrected chi connectivity index (χ4v) is 23.0. The number of urea groups is 2. The highest BCUT2D eigenvalue weighted by Gasteiger charge is 2.57. The van der Waals surface area contributed by atoms with Gasteiger partial charge in [-0.05, 0) is 198 Å². The van der Waals surface area contributed by atoms with Gasteiger partial charge in [0, 0.05) is 181 Å². The molecule has 34 heteroatoms. The molecule has 10 aromatic rings. The normalized spacial score (nSPS) is 22.0. The first kappa shape index (κ1) is 95.5. The van der Waals surface area contributed by atoms with Gasteiger partial charge >= 0.3 is 12.1 Å². The van der Waals surface area contributed by atoms with Crippen LogP contribution in [-0.4, -0.2) is 276 Å². The maximum absolute atomic E-state index is 15.5. The van der Waals surface area contributed by atoms with E-state index < -0.39 is 102 Å². The molecule has 19 rings (SSSR count). The Morgan fingerprint density at radius 1 is 0.557 bits per heavy atom. The van der Waals surface area contributed by atoms with Crippen molar-refractivity contribution in [2.45, 2.75) is 224 Å². The van der Waals surface area contributed by atoms with Crippen LogP contribution in [0.2, 0.25) is 0 Å². The van der Waals surface area contributed by atoms with E-state index in [0.717, 1.165) is 148 Å². The quantitative estimate of drug-likeness (QED) is 0.0210. The molecule has 1 saturated carbocycles. The van der Waals surface area contributed by atoms with Crippen LogP contribution in [0.5, 0.6) is 17.2 Å². The predicted molar refractivity (Wildman–Crippen MR) is 527 cm³/mol. The van der Waals surface area contributed by atoms with E-state index >= 15 is 9.59 Å². The van der Waals surface area contributed by atoms with E-state index in [1.807, 2.05) is 103 Å². The average molecular weight is 1900 g/mol. The Balaban J connectivity index is 0.441. The smallest absolute Gasteiger partial charge is 0.318 e. The van der Waals surface area contributed by atoms with E-state index in [-0.39, 0.29) is 78.7 Å². The number of likely N-dealkylation sites (tertiary alicyclic amines) is 6. The molecule has 10 atom stereocenters. The summed E-state index contributed by atoms with van der Waals surface area (Å²) >= 11 is 0. The van der Waals surface area contributed by atoms with Gasteiger partial charge in [0.15, 0.2) is 18.1 Å². The molecule has 0 unspecified atom stereocenters. The van der Waals surface area contributed by atoms with Crippen LogP contribution in [0.25, 0.3) is 44.6 Å². The maximum Gasteiger partial charge on any atom is 0.318 e. The lowest BCUT2D eigenvalue weighted by atomic mass is 9.60. The number of phenols is 2. The minimum atomic E-state index is -1.14. The third kappa shape index (κ3) is 19.4.